The van der Waals surface area contributed by atoms with Crippen molar-refractivity contribution >= 4 is 11.6 Å². The topological polar surface area (TPSA) is 0 Å². The van der Waals surface area contributed by atoms with Gasteiger partial charge in [0, 0.05) is 11.4 Å². The zero-order valence-corrected chi connectivity index (χ0v) is 10.7. The molecule has 0 saturated carbocycles. The van der Waals surface area contributed by atoms with Gasteiger partial charge in [0.05, 0.1) is 0 Å². The summed E-state index contributed by atoms with van der Waals surface area (Å²) in [5, 5.41) is 0. The predicted molar refractivity (Wildman–Crippen MR) is 70.9 cm³/mol. The summed E-state index contributed by atoms with van der Waals surface area (Å²) in [6.45, 7) is 3.99. The molecule has 2 aromatic carbocycles. The molecular weight excluding hydrogens is 235 g/mol. The molecule has 2 rings (SSSR count). The van der Waals surface area contributed by atoms with E-state index in [0.717, 1.165) is 22.3 Å². The van der Waals surface area contributed by atoms with Crippen molar-refractivity contribution in [2.45, 2.75) is 19.7 Å². The van der Waals surface area contributed by atoms with Crippen LogP contribution in [0.1, 0.15) is 16.7 Å². The minimum absolute atomic E-state index is 0.201. The molecule has 0 aliphatic carbocycles. The normalized spacial score (nSPS) is 10.6. The number of rotatable bonds is 2. The second kappa shape index (κ2) is 4.89. The Balaban J connectivity index is 2.62. The second-order valence-corrected chi connectivity index (χ2v) is 4.53. The maximum Gasteiger partial charge on any atom is 0.131 e. The molecule has 0 unspecified atom stereocenters. The first-order valence-electron chi connectivity index (χ1n) is 5.54. The highest BCUT2D eigenvalue weighted by Crippen LogP contribution is 2.28. The van der Waals surface area contributed by atoms with Crippen molar-refractivity contribution in [1.29, 1.82) is 0 Å². The molecule has 0 aromatic heterocycles. The van der Waals surface area contributed by atoms with Crippen LogP contribution in [0.4, 0.5) is 4.39 Å². The lowest BCUT2D eigenvalue weighted by Gasteiger charge is -2.10. The van der Waals surface area contributed by atoms with Crippen molar-refractivity contribution in [3.63, 3.8) is 0 Å². The van der Waals surface area contributed by atoms with E-state index >= 15 is 0 Å². The van der Waals surface area contributed by atoms with Gasteiger partial charge in [0.25, 0.3) is 0 Å². The van der Waals surface area contributed by atoms with Gasteiger partial charge in [0.15, 0.2) is 0 Å². The monoisotopic (exact) mass is 248 g/mol. The smallest absolute Gasteiger partial charge is 0.131 e. The van der Waals surface area contributed by atoms with Crippen LogP contribution >= 0.6 is 11.6 Å². The molecule has 0 fully saturated rings. The van der Waals surface area contributed by atoms with Gasteiger partial charge in [-0.1, -0.05) is 29.8 Å². The van der Waals surface area contributed by atoms with E-state index in [1.807, 2.05) is 38.1 Å². The molecule has 0 saturated heterocycles. The van der Waals surface area contributed by atoms with Gasteiger partial charge >= 0.3 is 0 Å². The molecule has 88 valence electrons. The largest absolute Gasteiger partial charge is 0.206 e. The first kappa shape index (κ1) is 12.1. The molecule has 0 spiro atoms. The van der Waals surface area contributed by atoms with E-state index in [1.54, 1.807) is 6.07 Å². The highest BCUT2D eigenvalue weighted by Gasteiger charge is 2.08. The van der Waals surface area contributed by atoms with E-state index in [4.69, 9.17) is 11.6 Å². The summed E-state index contributed by atoms with van der Waals surface area (Å²) in [6, 6.07) is 11.1. The molecule has 2 aromatic rings. The third-order valence-corrected chi connectivity index (χ3v) is 3.18. The van der Waals surface area contributed by atoms with Crippen LogP contribution in [0, 0.1) is 19.7 Å². The average molecular weight is 249 g/mol. The van der Waals surface area contributed by atoms with Crippen LogP contribution in [-0.2, 0) is 5.88 Å². The summed E-state index contributed by atoms with van der Waals surface area (Å²) >= 11 is 5.79. The molecule has 0 aliphatic rings. The zero-order chi connectivity index (χ0) is 12.4. The Bertz CT molecular complexity index is 547. The van der Waals surface area contributed by atoms with Crippen LogP contribution in [0.2, 0.25) is 0 Å². The third kappa shape index (κ3) is 2.50. The van der Waals surface area contributed by atoms with Gasteiger partial charge in [-0.25, -0.2) is 4.39 Å². The zero-order valence-electron chi connectivity index (χ0n) is 9.93. The van der Waals surface area contributed by atoms with Gasteiger partial charge in [-0.05, 0) is 42.7 Å². The predicted octanol–water partition coefficient (Wildman–Crippen LogP) is 4.85. The van der Waals surface area contributed by atoms with Crippen molar-refractivity contribution in [2.24, 2.45) is 0 Å². The average Bonchev–Trinajstić information content (AvgIpc) is 2.33. The number of aryl methyl sites for hydroxylation is 2. The van der Waals surface area contributed by atoms with E-state index in [2.05, 4.69) is 0 Å². The van der Waals surface area contributed by atoms with E-state index in [0.29, 0.717) is 11.4 Å². The van der Waals surface area contributed by atoms with Crippen LogP contribution in [0.3, 0.4) is 0 Å². The molecule has 17 heavy (non-hydrogen) atoms. The number of benzene rings is 2. The van der Waals surface area contributed by atoms with Crippen molar-refractivity contribution in [2.75, 3.05) is 0 Å². The summed E-state index contributed by atoms with van der Waals surface area (Å²) in [7, 11) is 0. The first-order chi connectivity index (χ1) is 8.11. The van der Waals surface area contributed by atoms with Crippen LogP contribution in [-0.4, -0.2) is 0 Å². The van der Waals surface area contributed by atoms with Crippen molar-refractivity contribution in [3.05, 3.63) is 58.9 Å². The van der Waals surface area contributed by atoms with Gasteiger partial charge in [0.2, 0.25) is 0 Å². The molecule has 0 atom stereocenters. The maximum absolute atomic E-state index is 13.9. The minimum atomic E-state index is -0.201. The van der Waals surface area contributed by atoms with Gasteiger partial charge in [-0.2, -0.15) is 0 Å². The molecule has 0 amide bonds. The molecule has 0 heterocycles. The van der Waals surface area contributed by atoms with E-state index < -0.39 is 0 Å². The fourth-order valence-corrected chi connectivity index (χ4v) is 2.05. The summed E-state index contributed by atoms with van der Waals surface area (Å²) in [6.07, 6.45) is 0. The number of hydrogen-bond donors (Lipinski definition) is 0. The van der Waals surface area contributed by atoms with Gasteiger partial charge in [-0.15, -0.1) is 11.6 Å². The Morgan fingerprint density at radius 2 is 1.76 bits per heavy atom. The molecule has 0 bridgehead atoms. The van der Waals surface area contributed by atoms with E-state index in [1.165, 1.54) is 6.07 Å². The Kier molecular flexibility index (Phi) is 3.49. The summed E-state index contributed by atoms with van der Waals surface area (Å²) in [5.41, 5.74) is 4.70. The fourth-order valence-electron chi connectivity index (χ4n) is 1.89. The molecule has 0 radical (unpaired) electrons. The van der Waals surface area contributed by atoms with E-state index in [-0.39, 0.29) is 5.82 Å². The third-order valence-electron chi connectivity index (χ3n) is 2.87. The highest BCUT2D eigenvalue weighted by molar-refractivity contribution is 6.17. The Labute approximate surface area is 106 Å². The summed E-state index contributed by atoms with van der Waals surface area (Å²) in [5.74, 6) is 0.200. The molecular formula is C15H14ClF. The molecule has 0 aliphatic heterocycles. The first-order valence-corrected chi connectivity index (χ1v) is 6.07. The van der Waals surface area contributed by atoms with Gasteiger partial charge in [-0.3, -0.25) is 0 Å². The van der Waals surface area contributed by atoms with E-state index in [9.17, 15) is 4.39 Å². The van der Waals surface area contributed by atoms with Crippen molar-refractivity contribution in [3.8, 4) is 11.1 Å². The maximum atomic E-state index is 13.9. The highest BCUT2D eigenvalue weighted by atomic mass is 35.5. The van der Waals surface area contributed by atoms with Crippen molar-refractivity contribution < 1.29 is 4.39 Å². The molecule has 0 nitrogen and oxygen atoms in total. The SMILES string of the molecule is Cc1ccc(C)c(-c2cc(CCl)ccc2F)c1. The minimum Gasteiger partial charge on any atom is -0.206 e. The quantitative estimate of drug-likeness (QED) is 0.667. The lowest BCUT2D eigenvalue weighted by molar-refractivity contribution is 0.630. The molecule has 0 N–H and O–H groups in total. The number of hydrogen-bond acceptors (Lipinski definition) is 0. The second-order valence-electron chi connectivity index (χ2n) is 4.27. The van der Waals surface area contributed by atoms with Crippen LogP contribution in [0.25, 0.3) is 11.1 Å². The number of alkyl halides is 1. The Morgan fingerprint density at radius 3 is 2.47 bits per heavy atom. The van der Waals surface area contributed by atoms with Crippen LogP contribution < -0.4 is 0 Å². The lowest BCUT2D eigenvalue weighted by atomic mass is 9.97. The summed E-state index contributed by atoms with van der Waals surface area (Å²) in [4.78, 5) is 0. The molecule has 2 heteroatoms. The lowest BCUT2D eigenvalue weighted by Crippen LogP contribution is -1.91. The number of halogens is 2. The summed E-state index contributed by atoms with van der Waals surface area (Å²) < 4.78 is 13.9. The van der Waals surface area contributed by atoms with Crippen LogP contribution in [0.15, 0.2) is 36.4 Å². The Hall–Kier alpha value is -1.34. The van der Waals surface area contributed by atoms with Crippen molar-refractivity contribution in [1.82, 2.24) is 0 Å². The fraction of sp³-hybridized carbons (Fsp3) is 0.200. The Morgan fingerprint density at radius 1 is 1.00 bits per heavy atom. The van der Waals surface area contributed by atoms with Gasteiger partial charge < -0.3 is 0 Å². The van der Waals surface area contributed by atoms with Gasteiger partial charge in [0.1, 0.15) is 5.82 Å². The van der Waals surface area contributed by atoms with Crippen LogP contribution in [0.5, 0.6) is 0 Å². The standard InChI is InChI=1S/C15H14ClF/c1-10-3-4-11(2)13(7-10)14-8-12(9-16)5-6-15(14)17/h3-8H,9H2,1-2H3.